The zero-order valence-corrected chi connectivity index (χ0v) is 23.8. The average Bonchev–Trinajstić information content (AvgIpc) is 3.21. The Morgan fingerprint density at radius 3 is 2.52 bits per heavy atom. The van der Waals surface area contributed by atoms with Crippen LogP contribution >= 0.6 is 23.2 Å². The predicted octanol–water partition coefficient (Wildman–Crippen LogP) is 4.85. The molecule has 9 nitrogen and oxygen atoms in total. The number of benzene rings is 2. The molecule has 0 spiro atoms. The van der Waals surface area contributed by atoms with Crippen molar-refractivity contribution < 1.29 is 14.4 Å². The van der Waals surface area contributed by atoms with Crippen molar-refractivity contribution in [3.8, 4) is 0 Å². The molecular weight excluding hydrogens is 551 g/mol. The fraction of sp³-hybridized carbons (Fsp3) is 0.310. The number of hydrogen-bond acceptors (Lipinski definition) is 5. The van der Waals surface area contributed by atoms with Gasteiger partial charge in [-0.1, -0.05) is 35.3 Å². The van der Waals surface area contributed by atoms with E-state index in [4.69, 9.17) is 23.2 Å². The lowest BCUT2D eigenvalue weighted by atomic mass is 10.1. The van der Waals surface area contributed by atoms with Crippen LogP contribution in [-0.2, 0) is 6.42 Å². The summed E-state index contributed by atoms with van der Waals surface area (Å²) in [5.74, 6) is -0.654. The molecule has 0 unspecified atom stereocenters. The molecule has 0 aliphatic carbocycles. The summed E-state index contributed by atoms with van der Waals surface area (Å²) in [6.45, 7) is 5.28. The van der Waals surface area contributed by atoms with Crippen LogP contribution in [-0.4, -0.2) is 67.0 Å². The Kier molecular flexibility index (Phi) is 10.2. The normalized spacial score (nSPS) is 13.4. The second kappa shape index (κ2) is 14.0. The number of carbonyl (C=O) groups is 3. The summed E-state index contributed by atoms with van der Waals surface area (Å²) in [6.07, 6.45) is 2.86. The third-order valence-electron chi connectivity index (χ3n) is 6.55. The van der Waals surface area contributed by atoms with Crippen LogP contribution in [0.1, 0.15) is 39.8 Å². The molecule has 4 amide bonds. The number of amides is 4. The van der Waals surface area contributed by atoms with E-state index in [2.05, 4.69) is 25.8 Å². The number of hydrogen-bond donors (Lipinski definition) is 3. The van der Waals surface area contributed by atoms with Crippen LogP contribution in [0.2, 0.25) is 10.0 Å². The number of nitrogens with zero attached hydrogens (tertiary/aromatic N) is 3. The summed E-state index contributed by atoms with van der Waals surface area (Å²) in [5, 5.41) is 9.82. The molecule has 40 heavy (non-hydrogen) atoms. The second-order valence-corrected chi connectivity index (χ2v) is 10.1. The number of aromatic nitrogens is 1. The second-order valence-electron chi connectivity index (χ2n) is 9.31. The molecule has 1 saturated heterocycles. The lowest BCUT2D eigenvalue weighted by Crippen LogP contribution is -2.42. The highest BCUT2D eigenvalue weighted by Crippen LogP contribution is 2.29. The van der Waals surface area contributed by atoms with Crippen molar-refractivity contribution in [2.45, 2.75) is 19.8 Å². The van der Waals surface area contributed by atoms with Crippen molar-refractivity contribution in [1.29, 1.82) is 0 Å². The zero-order chi connectivity index (χ0) is 28.5. The Morgan fingerprint density at radius 1 is 0.925 bits per heavy atom. The largest absolute Gasteiger partial charge is 0.368 e. The number of anilines is 2. The number of urea groups is 1. The van der Waals surface area contributed by atoms with Gasteiger partial charge < -0.3 is 25.8 Å². The maximum absolute atomic E-state index is 13.0. The molecule has 2 heterocycles. The van der Waals surface area contributed by atoms with Crippen LogP contribution < -0.4 is 20.9 Å². The molecule has 11 heteroatoms. The Hall–Kier alpha value is -3.82. The quantitative estimate of drug-likeness (QED) is 0.352. The maximum atomic E-state index is 13.0. The van der Waals surface area contributed by atoms with Gasteiger partial charge in [-0.25, -0.2) is 4.79 Å². The van der Waals surface area contributed by atoms with Crippen LogP contribution in [0.25, 0.3) is 0 Å². The van der Waals surface area contributed by atoms with E-state index < -0.39 is 0 Å². The topological polar surface area (TPSA) is 107 Å². The first-order valence-corrected chi connectivity index (χ1v) is 14.0. The van der Waals surface area contributed by atoms with Crippen molar-refractivity contribution >= 4 is 52.4 Å². The molecule has 1 aromatic heterocycles. The van der Waals surface area contributed by atoms with Crippen LogP contribution in [0.5, 0.6) is 0 Å². The number of halogens is 2. The summed E-state index contributed by atoms with van der Waals surface area (Å²) in [4.78, 5) is 46.5. The van der Waals surface area contributed by atoms with Gasteiger partial charge in [-0.05, 0) is 67.8 Å². The molecule has 2 aromatic carbocycles. The lowest BCUT2D eigenvalue weighted by molar-refractivity contribution is 0.0952. The van der Waals surface area contributed by atoms with Crippen molar-refractivity contribution in [2.75, 3.05) is 49.5 Å². The SMILES string of the molecule is CCNC(=O)N1CCCN(c2ccc(C(=O)NCCc3ccc(Cl)cc3Cl)cc2NC(=O)c2ccccn2)CC1. The van der Waals surface area contributed by atoms with Gasteiger partial charge in [-0.15, -0.1) is 0 Å². The highest BCUT2D eigenvalue weighted by atomic mass is 35.5. The Labute approximate surface area is 243 Å². The third-order valence-corrected chi connectivity index (χ3v) is 7.14. The molecular formula is C29H32Cl2N6O3. The van der Waals surface area contributed by atoms with Gasteiger partial charge in [0.1, 0.15) is 5.69 Å². The van der Waals surface area contributed by atoms with Gasteiger partial charge in [0.25, 0.3) is 11.8 Å². The molecule has 210 valence electrons. The van der Waals surface area contributed by atoms with Crippen molar-refractivity contribution in [3.63, 3.8) is 0 Å². The first kappa shape index (κ1) is 29.2. The molecule has 3 N–H and O–H groups in total. The lowest BCUT2D eigenvalue weighted by Gasteiger charge is -2.26. The van der Waals surface area contributed by atoms with E-state index in [-0.39, 0.29) is 23.5 Å². The highest BCUT2D eigenvalue weighted by Gasteiger charge is 2.22. The van der Waals surface area contributed by atoms with Gasteiger partial charge in [-0.2, -0.15) is 0 Å². The van der Waals surface area contributed by atoms with Gasteiger partial charge in [0.15, 0.2) is 0 Å². The van der Waals surface area contributed by atoms with E-state index in [0.29, 0.717) is 67.0 Å². The number of rotatable bonds is 8. The first-order valence-electron chi connectivity index (χ1n) is 13.2. The molecule has 0 saturated carbocycles. The van der Waals surface area contributed by atoms with Crippen LogP contribution in [0.4, 0.5) is 16.2 Å². The van der Waals surface area contributed by atoms with Crippen molar-refractivity contribution in [1.82, 2.24) is 20.5 Å². The number of carbonyl (C=O) groups excluding carboxylic acids is 3. The molecule has 1 aliphatic heterocycles. The van der Waals surface area contributed by atoms with Gasteiger partial charge in [0.2, 0.25) is 0 Å². The highest BCUT2D eigenvalue weighted by molar-refractivity contribution is 6.35. The van der Waals surface area contributed by atoms with Crippen LogP contribution in [0, 0.1) is 0 Å². The Balaban J connectivity index is 1.51. The Bertz CT molecular complexity index is 1350. The minimum atomic E-state index is -0.379. The molecule has 4 rings (SSSR count). The minimum absolute atomic E-state index is 0.0834. The third kappa shape index (κ3) is 7.64. The van der Waals surface area contributed by atoms with Gasteiger partial charge in [-0.3, -0.25) is 14.6 Å². The van der Waals surface area contributed by atoms with Crippen molar-refractivity contribution in [2.24, 2.45) is 0 Å². The zero-order valence-electron chi connectivity index (χ0n) is 22.3. The fourth-order valence-electron chi connectivity index (χ4n) is 4.50. The predicted molar refractivity (Wildman–Crippen MR) is 159 cm³/mol. The van der Waals surface area contributed by atoms with E-state index in [1.807, 2.05) is 19.1 Å². The van der Waals surface area contributed by atoms with Crippen molar-refractivity contribution in [3.05, 3.63) is 87.7 Å². The molecule has 0 atom stereocenters. The van der Waals surface area contributed by atoms with E-state index in [1.165, 1.54) is 0 Å². The monoisotopic (exact) mass is 582 g/mol. The van der Waals surface area contributed by atoms with E-state index >= 15 is 0 Å². The van der Waals surface area contributed by atoms with E-state index in [9.17, 15) is 14.4 Å². The van der Waals surface area contributed by atoms with Crippen LogP contribution in [0.15, 0.2) is 60.8 Å². The molecule has 3 aromatic rings. The summed E-state index contributed by atoms with van der Waals surface area (Å²) in [7, 11) is 0. The Morgan fingerprint density at radius 2 is 1.77 bits per heavy atom. The summed E-state index contributed by atoms with van der Waals surface area (Å²) >= 11 is 12.2. The molecule has 0 radical (unpaired) electrons. The van der Waals surface area contributed by atoms with E-state index in [0.717, 1.165) is 17.7 Å². The van der Waals surface area contributed by atoms with Gasteiger partial charge in [0.05, 0.1) is 11.4 Å². The smallest absolute Gasteiger partial charge is 0.317 e. The summed E-state index contributed by atoms with van der Waals surface area (Å²) in [5.41, 5.74) is 2.82. The fourth-order valence-corrected chi connectivity index (χ4v) is 5.00. The molecule has 1 fully saturated rings. The average molecular weight is 584 g/mol. The van der Waals surface area contributed by atoms with E-state index in [1.54, 1.807) is 53.6 Å². The summed E-state index contributed by atoms with van der Waals surface area (Å²) < 4.78 is 0. The number of pyridine rings is 1. The molecule has 0 bridgehead atoms. The van der Waals surface area contributed by atoms with Crippen LogP contribution in [0.3, 0.4) is 0 Å². The molecule has 1 aliphatic rings. The maximum Gasteiger partial charge on any atom is 0.317 e. The van der Waals surface area contributed by atoms with Gasteiger partial charge >= 0.3 is 6.03 Å². The van der Waals surface area contributed by atoms with Gasteiger partial charge in [0, 0.05) is 61.1 Å². The summed E-state index contributed by atoms with van der Waals surface area (Å²) in [6, 6.07) is 15.5. The standard InChI is InChI=1S/C29H32Cl2N6O3/c1-2-32-29(40)37-15-5-14-36(16-17-37)26-10-8-21(18-25(26)35-28(39)24-6-3-4-12-33-24)27(38)34-13-11-20-7-9-22(30)19-23(20)31/h3-4,6-10,12,18-19H,2,5,11,13-17H2,1H3,(H,32,40)(H,34,38)(H,35,39). The number of nitrogens with one attached hydrogen (secondary N) is 3. The minimum Gasteiger partial charge on any atom is -0.368 e. The first-order chi connectivity index (χ1) is 19.4.